The zero-order valence-electron chi connectivity index (χ0n) is 17.1. The largest absolute Gasteiger partial charge is 0.479 e. The van der Waals surface area contributed by atoms with Crippen molar-refractivity contribution in [2.75, 3.05) is 13.2 Å². The second kappa shape index (κ2) is 13.5. The number of carboxylic acids is 1. The van der Waals surface area contributed by atoms with E-state index in [0.29, 0.717) is 12.8 Å². The van der Waals surface area contributed by atoms with E-state index < -0.39 is 36.4 Å². The molecule has 0 radical (unpaired) electrons. The number of carbonyl (C=O) groups is 3. The van der Waals surface area contributed by atoms with Crippen molar-refractivity contribution in [3.63, 3.8) is 0 Å². The minimum absolute atomic E-state index is 0.189. The van der Waals surface area contributed by atoms with Gasteiger partial charge in [-0.2, -0.15) is 0 Å². The summed E-state index contributed by atoms with van der Waals surface area (Å²) < 4.78 is 10.1. The predicted octanol–water partition coefficient (Wildman–Crippen LogP) is 3.61. The van der Waals surface area contributed by atoms with Crippen LogP contribution >= 0.6 is 0 Å². The molecule has 162 valence electrons. The Kier molecular flexibility index (Phi) is 11.8. The number of ether oxygens (including phenoxy) is 2. The van der Waals surface area contributed by atoms with Crippen LogP contribution in [0.4, 0.5) is 0 Å². The Labute approximate surface area is 167 Å². The second-order valence-corrected chi connectivity index (χ2v) is 8.00. The highest BCUT2D eigenvalue weighted by Gasteiger charge is 2.42. The lowest BCUT2D eigenvalue weighted by Crippen LogP contribution is -2.43. The molecule has 1 saturated heterocycles. The van der Waals surface area contributed by atoms with Crippen LogP contribution in [0.2, 0.25) is 0 Å². The number of hydrogen-bond donors (Lipinski definition) is 2. The number of rotatable bonds is 1. The first-order valence-electron chi connectivity index (χ1n) is 10.6. The number of carboxylic acid groups (broad SMARTS) is 1. The van der Waals surface area contributed by atoms with Crippen LogP contribution in [-0.2, 0) is 23.9 Å². The summed E-state index contributed by atoms with van der Waals surface area (Å²) in [6.07, 6.45) is 9.88. The first-order chi connectivity index (χ1) is 13.3. The molecule has 2 unspecified atom stereocenters. The summed E-state index contributed by atoms with van der Waals surface area (Å²) in [6.45, 7) is 2.67. The molecule has 2 N–H and O–H groups in total. The molecule has 0 aromatic rings. The number of cyclic esters (lactones) is 2. The minimum Gasteiger partial charge on any atom is -0.479 e. The van der Waals surface area contributed by atoms with E-state index in [1.807, 2.05) is 0 Å². The molecule has 0 aromatic heterocycles. The van der Waals surface area contributed by atoms with Gasteiger partial charge in [0.05, 0.1) is 26.1 Å². The number of aliphatic hydroxyl groups is 1. The molecule has 1 rings (SSSR count). The SMILES string of the molecule is CC1CCCCCCCOC(=O)CC(O)(C(=O)O)CC(=O)OCCCCCC1. The molecule has 0 bridgehead atoms. The van der Waals surface area contributed by atoms with E-state index in [1.165, 1.54) is 19.3 Å². The fourth-order valence-corrected chi connectivity index (χ4v) is 3.38. The highest BCUT2D eigenvalue weighted by Crippen LogP contribution is 2.20. The summed E-state index contributed by atoms with van der Waals surface area (Å²) >= 11 is 0. The number of aliphatic carboxylic acids is 1. The van der Waals surface area contributed by atoms with E-state index >= 15 is 0 Å². The fraction of sp³-hybridized carbons (Fsp3) is 0.857. The van der Waals surface area contributed by atoms with Crippen LogP contribution in [0.1, 0.15) is 90.4 Å². The molecule has 0 amide bonds. The van der Waals surface area contributed by atoms with Gasteiger partial charge in [-0.15, -0.1) is 0 Å². The van der Waals surface area contributed by atoms with Crippen LogP contribution < -0.4 is 0 Å². The molecule has 7 heteroatoms. The van der Waals surface area contributed by atoms with Gasteiger partial charge in [0.15, 0.2) is 5.60 Å². The molecular weight excluding hydrogens is 364 g/mol. The Balaban J connectivity index is 2.56. The van der Waals surface area contributed by atoms with Crippen molar-refractivity contribution in [3.8, 4) is 0 Å². The maximum atomic E-state index is 11.9. The lowest BCUT2D eigenvalue weighted by Gasteiger charge is -2.21. The Morgan fingerprint density at radius 2 is 1.21 bits per heavy atom. The van der Waals surface area contributed by atoms with Crippen molar-refractivity contribution in [1.82, 2.24) is 0 Å². The Morgan fingerprint density at radius 1 is 0.821 bits per heavy atom. The third-order valence-corrected chi connectivity index (χ3v) is 5.23. The van der Waals surface area contributed by atoms with Gasteiger partial charge < -0.3 is 19.7 Å². The maximum Gasteiger partial charge on any atom is 0.336 e. The highest BCUT2D eigenvalue weighted by atomic mass is 16.5. The molecule has 1 aliphatic heterocycles. The predicted molar refractivity (Wildman–Crippen MR) is 104 cm³/mol. The van der Waals surface area contributed by atoms with E-state index in [2.05, 4.69) is 6.92 Å². The molecule has 0 spiro atoms. The molecule has 0 aromatic carbocycles. The van der Waals surface area contributed by atoms with E-state index in [1.54, 1.807) is 0 Å². The van der Waals surface area contributed by atoms with Gasteiger partial charge in [0.1, 0.15) is 0 Å². The van der Waals surface area contributed by atoms with Crippen LogP contribution in [0, 0.1) is 5.92 Å². The Bertz CT molecular complexity index is 491. The molecule has 1 aliphatic rings. The highest BCUT2D eigenvalue weighted by molar-refractivity contribution is 5.88. The third-order valence-electron chi connectivity index (χ3n) is 5.23. The molecule has 0 saturated carbocycles. The van der Waals surface area contributed by atoms with Gasteiger partial charge in [-0.3, -0.25) is 9.59 Å². The van der Waals surface area contributed by atoms with E-state index in [-0.39, 0.29) is 13.2 Å². The zero-order valence-corrected chi connectivity index (χ0v) is 17.1. The van der Waals surface area contributed by atoms with Crippen LogP contribution in [0.5, 0.6) is 0 Å². The topological polar surface area (TPSA) is 110 Å². The van der Waals surface area contributed by atoms with Crippen LogP contribution in [0.3, 0.4) is 0 Å². The number of hydrogen-bond acceptors (Lipinski definition) is 6. The van der Waals surface area contributed by atoms with Crippen molar-refractivity contribution >= 4 is 17.9 Å². The van der Waals surface area contributed by atoms with Gasteiger partial charge in [-0.05, 0) is 18.8 Å². The summed E-state index contributed by atoms with van der Waals surface area (Å²) in [6, 6.07) is 0. The quantitative estimate of drug-likeness (QED) is 0.647. The summed E-state index contributed by atoms with van der Waals surface area (Å²) in [5.74, 6) is -2.55. The van der Waals surface area contributed by atoms with E-state index in [0.717, 1.165) is 44.4 Å². The Morgan fingerprint density at radius 3 is 1.64 bits per heavy atom. The lowest BCUT2D eigenvalue weighted by atomic mass is 9.96. The van der Waals surface area contributed by atoms with Gasteiger partial charge in [0.2, 0.25) is 0 Å². The van der Waals surface area contributed by atoms with Crippen molar-refractivity contribution in [3.05, 3.63) is 0 Å². The van der Waals surface area contributed by atoms with Gasteiger partial charge >= 0.3 is 17.9 Å². The summed E-state index contributed by atoms with van der Waals surface area (Å²) in [4.78, 5) is 35.1. The molecule has 7 nitrogen and oxygen atoms in total. The lowest BCUT2D eigenvalue weighted by molar-refractivity contribution is -0.173. The molecule has 1 heterocycles. The van der Waals surface area contributed by atoms with E-state index in [9.17, 15) is 24.6 Å². The number of carbonyl (C=O) groups excluding carboxylic acids is 2. The van der Waals surface area contributed by atoms with Gasteiger partial charge in [-0.25, -0.2) is 4.79 Å². The zero-order chi connectivity index (χ0) is 20.8. The summed E-state index contributed by atoms with van der Waals surface area (Å²) in [5.41, 5.74) is -2.50. The molecule has 1 fully saturated rings. The average molecular weight is 401 g/mol. The number of esters is 2. The normalized spacial score (nSPS) is 28.4. The van der Waals surface area contributed by atoms with Crippen LogP contribution in [0.15, 0.2) is 0 Å². The fourth-order valence-electron chi connectivity index (χ4n) is 3.38. The molecular formula is C21H36O7. The second-order valence-electron chi connectivity index (χ2n) is 8.00. The molecule has 2 atom stereocenters. The minimum atomic E-state index is -2.50. The summed E-state index contributed by atoms with van der Waals surface area (Å²) in [5, 5.41) is 19.4. The first-order valence-corrected chi connectivity index (χ1v) is 10.6. The average Bonchev–Trinajstić information content (AvgIpc) is 2.62. The van der Waals surface area contributed by atoms with Crippen LogP contribution in [-0.4, -0.2) is 46.9 Å². The molecule has 28 heavy (non-hydrogen) atoms. The van der Waals surface area contributed by atoms with Gasteiger partial charge in [0, 0.05) is 0 Å². The maximum absolute atomic E-state index is 11.9. The van der Waals surface area contributed by atoms with Crippen molar-refractivity contribution < 1.29 is 34.1 Å². The Hall–Kier alpha value is -1.63. The van der Waals surface area contributed by atoms with E-state index in [4.69, 9.17) is 9.47 Å². The first kappa shape index (κ1) is 24.4. The van der Waals surface area contributed by atoms with Crippen LogP contribution in [0.25, 0.3) is 0 Å². The van der Waals surface area contributed by atoms with Gasteiger partial charge in [0.25, 0.3) is 0 Å². The summed E-state index contributed by atoms with van der Waals surface area (Å²) in [7, 11) is 0. The van der Waals surface area contributed by atoms with Gasteiger partial charge in [-0.1, -0.05) is 64.7 Å². The van der Waals surface area contributed by atoms with Crippen molar-refractivity contribution in [2.24, 2.45) is 5.92 Å². The third kappa shape index (κ3) is 10.6. The van der Waals surface area contributed by atoms with Crippen molar-refractivity contribution in [1.29, 1.82) is 0 Å². The monoisotopic (exact) mass is 400 g/mol. The smallest absolute Gasteiger partial charge is 0.336 e. The van der Waals surface area contributed by atoms with Crippen molar-refractivity contribution in [2.45, 2.75) is 96.0 Å². The standard InChI is InChI=1S/C21H36O7/c1-17-11-7-3-2-5-9-13-27-18(22)15-21(26,20(24)25)16-19(23)28-14-10-6-4-8-12-17/h17,26H,2-16H2,1H3,(H,24,25). The molecule has 0 aliphatic carbocycles.